The normalized spacial score (nSPS) is 18.6. The minimum atomic E-state index is -1.01. The summed E-state index contributed by atoms with van der Waals surface area (Å²) in [6.07, 6.45) is 0. The molecule has 0 radical (unpaired) electrons. The zero-order chi connectivity index (χ0) is 21.0. The molecule has 0 fully saturated rings. The number of carbonyl (C=O) groups is 1. The first kappa shape index (κ1) is 21.1. The van der Waals surface area contributed by atoms with Gasteiger partial charge >= 0.3 is 5.97 Å². The molecule has 1 atom stereocenters. The molecule has 0 bridgehead atoms. The maximum atomic E-state index is 12.9. The highest BCUT2D eigenvalue weighted by Crippen LogP contribution is 2.43. The van der Waals surface area contributed by atoms with Gasteiger partial charge in [-0.25, -0.2) is 4.79 Å². The van der Waals surface area contributed by atoms with Crippen LogP contribution in [0.1, 0.15) is 39.2 Å². The van der Waals surface area contributed by atoms with Crippen molar-refractivity contribution in [1.29, 1.82) is 0 Å². The highest BCUT2D eigenvalue weighted by Gasteiger charge is 2.38. The van der Waals surface area contributed by atoms with Gasteiger partial charge < -0.3 is 14.6 Å². The number of nitro benzene ring substituents is 1. The van der Waals surface area contributed by atoms with Gasteiger partial charge in [-0.15, -0.1) is 0 Å². The number of benzene rings is 1. The Bertz CT molecular complexity index is 882. The largest absolute Gasteiger partial charge is 0.616 e. The first-order chi connectivity index (χ1) is 13.2. The third-order valence-corrected chi connectivity index (χ3v) is 4.31. The number of aliphatic imine (C=N–C) groups is 1. The zero-order valence-electron chi connectivity index (χ0n) is 16.5. The van der Waals surface area contributed by atoms with E-state index in [-0.39, 0.29) is 34.9 Å². The van der Waals surface area contributed by atoms with Crippen LogP contribution in [0.2, 0.25) is 0 Å². The zero-order valence-corrected chi connectivity index (χ0v) is 16.5. The Balaban J connectivity index is 2.74. The minimum Gasteiger partial charge on any atom is -0.616 e. The fourth-order valence-electron chi connectivity index (χ4n) is 3.10. The highest BCUT2D eigenvalue weighted by atomic mass is 16.6. The van der Waals surface area contributed by atoms with Gasteiger partial charge in [-0.05, 0) is 26.9 Å². The predicted molar refractivity (Wildman–Crippen MR) is 101 cm³/mol. The summed E-state index contributed by atoms with van der Waals surface area (Å²) >= 11 is 0. The molecule has 1 aromatic rings. The maximum Gasteiger partial charge on any atom is 0.336 e. The van der Waals surface area contributed by atoms with Crippen molar-refractivity contribution >= 4 is 17.4 Å². The quantitative estimate of drug-likeness (QED) is 0.321. The number of hydrogen-bond acceptors (Lipinski definition) is 7. The van der Waals surface area contributed by atoms with Crippen molar-refractivity contribution in [3.8, 4) is 0 Å². The number of methoxy groups -OCH3 is 1. The Morgan fingerprint density at radius 1 is 1.29 bits per heavy atom. The summed E-state index contributed by atoms with van der Waals surface area (Å²) in [5.74, 6) is -2.27. The number of para-hydroxylation sites is 1. The monoisotopic (exact) mass is 387 g/mol. The average Bonchev–Trinajstić information content (AvgIpc) is 2.64. The van der Waals surface area contributed by atoms with Gasteiger partial charge in [-0.3, -0.25) is 15.1 Å². The van der Waals surface area contributed by atoms with Crippen LogP contribution in [0.3, 0.4) is 0 Å². The summed E-state index contributed by atoms with van der Waals surface area (Å²) in [6, 6.07) is 5.99. The molecule has 0 saturated heterocycles. The Labute approximate surface area is 163 Å². The van der Waals surface area contributed by atoms with E-state index in [4.69, 9.17) is 9.47 Å². The van der Waals surface area contributed by atoms with Crippen LogP contribution in [0.15, 0.2) is 52.0 Å². The molecule has 0 N–H and O–H groups in total. The summed E-state index contributed by atoms with van der Waals surface area (Å²) in [7, 11) is 1.21. The van der Waals surface area contributed by atoms with Gasteiger partial charge in [0, 0.05) is 28.6 Å². The SMILES string of the molecule is CO/C([O-])=C1\C(C)=NC(C)=C(C(=O)OCC(C)C)[C@H]1c1ccccc1[N+](=O)[O-]. The molecule has 0 unspecified atom stereocenters. The van der Waals surface area contributed by atoms with E-state index >= 15 is 0 Å². The number of nitro groups is 1. The summed E-state index contributed by atoms with van der Waals surface area (Å²) in [6.45, 7) is 7.18. The van der Waals surface area contributed by atoms with E-state index in [1.807, 2.05) is 13.8 Å². The third kappa shape index (κ3) is 4.21. The number of rotatable bonds is 6. The number of ether oxygens (including phenoxy) is 2. The Morgan fingerprint density at radius 2 is 1.93 bits per heavy atom. The molecule has 0 aliphatic carbocycles. The second kappa shape index (κ2) is 8.69. The average molecular weight is 387 g/mol. The molecule has 0 saturated carbocycles. The lowest BCUT2D eigenvalue weighted by Gasteiger charge is -2.30. The van der Waals surface area contributed by atoms with Crippen LogP contribution < -0.4 is 5.11 Å². The highest BCUT2D eigenvalue weighted by molar-refractivity contribution is 6.06. The molecule has 28 heavy (non-hydrogen) atoms. The standard InChI is InChI=1S/C20H24N2O6/c1-11(2)10-28-20(24)17-13(4)21-12(3)16(19(23)27-5)18(17)14-8-6-7-9-15(14)22(25)26/h6-9,11,18,23H,10H2,1-5H3/p-1/b19-16+/t18-/m0/s1. The number of carbonyl (C=O) groups excluding carboxylic acids is 1. The summed E-state index contributed by atoms with van der Waals surface area (Å²) in [4.78, 5) is 28.2. The van der Waals surface area contributed by atoms with Crippen molar-refractivity contribution in [2.24, 2.45) is 10.9 Å². The van der Waals surface area contributed by atoms with E-state index < -0.39 is 22.8 Å². The molecule has 8 heteroatoms. The van der Waals surface area contributed by atoms with Gasteiger partial charge in [0.05, 0.1) is 29.0 Å². The number of esters is 1. The molecular formula is C20H23N2O6-. The summed E-state index contributed by atoms with van der Waals surface area (Å²) < 4.78 is 10.2. The van der Waals surface area contributed by atoms with E-state index in [1.54, 1.807) is 19.9 Å². The molecule has 0 amide bonds. The lowest BCUT2D eigenvalue weighted by atomic mass is 9.79. The molecule has 0 spiro atoms. The van der Waals surface area contributed by atoms with Gasteiger partial charge in [0.1, 0.15) is 0 Å². The van der Waals surface area contributed by atoms with Crippen molar-refractivity contribution in [1.82, 2.24) is 0 Å². The van der Waals surface area contributed by atoms with Crippen LogP contribution >= 0.6 is 0 Å². The molecule has 150 valence electrons. The van der Waals surface area contributed by atoms with Gasteiger partial charge in [0.15, 0.2) is 0 Å². The van der Waals surface area contributed by atoms with E-state index in [9.17, 15) is 20.0 Å². The van der Waals surface area contributed by atoms with E-state index in [0.717, 1.165) is 0 Å². The van der Waals surface area contributed by atoms with Crippen LogP contribution in [0.5, 0.6) is 0 Å². The second-order valence-electron chi connectivity index (χ2n) is 6.84. The fraction of sp³-hybridized carbons (Fsp3) is 0.400. The van der Waals surface area contributed by atoms with E-state index in [0.29, 0.717) is 11.4 Å². The second-order valence-corrected chi connectivity index (χ2v) is 6.84. The fourth-order valence-corrected chi connectivity index (χ4v) is 3.10. The molecular weight excluding hydrogens is 364 g/mol. The van der Waals surface area contributed by atoms with Crippen molar-refractivity contribution in [2.45, 2.75) is 33.6 Å². The number of hydrogen-bond donors (Lipinski definition) is 0. The van der Waals surface area contributed by atoms with Crippen molar-refractivity contribution < 1.29 is 24.3 Å². The molecule has 1 aromatic carbocycles. The van der Waals surface area contributed by atoms with Crippen LogP contribution in [-0.2, 0) is 14.3 Å². The smallest absolute Gasteiger partial charge is 0.336 e. The first-order valence-electron chi connectivity index (χ1n) is 8.81. The topological polar surface area (TPSA) is 114 Å². The summed E-state index contributed by atoms with van der Waals surface area (Å²) in [5, 5.41) is 24.1. The molecule has 1 aliphatic heterocycles. The molecule has 1 heterocycles. The minimum absolute atomic E-state index is 0.0823. The van der Waals surface area contributed by atoms with Crippen molar-refractivity contribution in [3.63, 3.8) is 0 Å². The van der Waals surface area contributed by atoms with E-state index in [2.05, 4.69) is 4.99 Å². The Morgan fingerprint density at radius 3 is 2.50 bits per heavy atom. The van der Waals surface area contributed by atoms with Gasteiger partial charge in [0.25, 0.3) is 5.69 Å². The number of allylic oxidation sites excluding steroid dienone is 2. The van der Waals surface area contributed by atoms with Crippen LogP contribution in [0, 0.1) is 16.0 Å². The van der Waals surface area contributed by atoms with Crippen LogP contribution in [-0.4, -0.2) is 30.3 Å². The Kier molecular flexibility index (Phi) is 6.56. The number of nitrogens with zero attached hydrogens (tertiary/aromatic N) is 2. The molecule has 8 nitrogen and oxygen atoms in total. The van der Waals surface area contributed by atoms with Crippen LogP contribution in [0.25, 0.3) is 0 Å². The molecule has 2 rings (SSSR count). The lowest BCUT2D eigenvalue weighted by Crippen LogP contribution is -2.28. The van der Waals surface area contributed by atoms with Gasteiger partial charge in [0.2, 0.25) is 0 Å². The Hall–Kier alpha value is -3.16. The third-order valence-electron chi connectivity index (χ3n) is 4.31. The molecule has 1 aliphatic rings. The van der Waals surface area contributed by atoms with E-state index in [1.165, 1.54) is 25.3 Å². The lowest BCUT2D eigenvalue weighted by molar-refractivity contribution is -0.385. The molecule has 0 aromatic heterocycles. The van der Waals surface area contributed by atoms with Crippen LogP contribution in [0.4, 0.5) is 5.69 Å². The van der Waals surface area contributed by atoms with Gasteiger partial charge in [-0.2, -0.15) is 0 Å². The predicted octanol–water partition coefficient (Wildman–Crippen LogP) is 2.84. The maximum absolute atomic E-state index is 12.9. The van der Waals surface area contributed by atoms with Crippen molar-refractivity contribution in [2.75, 3.05) is 13.7 Å². The first-order valence-corrected chi connectivity index (χ1v) is 8.81. The van der Waals surface area contributed by atoms with Crippen molar-refractivity contribution in [3.05, 3.63) is 62.7 Å². The summed E-state index contributed by atoms with van der Waals surface area (Å²) in [5.41, 5.74) is 0.873. The van der Waals surface area contributed by atoms with Gasteiger partial charge in [-0.1, -0.05) is 32.0 Å².